The van der Waals surface area contributed by atoms with E-state index in [1.165, 1.54) is 11.8 Å². The van der Waals surface area contributed by atoms with E-state index >= 15 is 0 Å². The minimum Gasteiger partial charge on any atom is -0.326 e. The topological polar surface area (TPSA) is 58.2 Å². The molecule has 0 aliphatic rings. The highest BCUT2D eigenvalue weighted by molar-refractivity contribution is 8.00. The van der Waals surface area contributed by atoms with Crippen LogP contribution in [0, 0.1) is 6.92 Å². The maximum atomic E-state index is 12.6. The summed E-state index contributed by atoms with van der Waals surface area (Å²) < 4.78 is 0. The predicted octanol–water partition coefficient (Wildman–Crippen LogP) is 5.95. The fourth-order valence-corrected chi connectivity index (χ4v) is 3.95. The highest BCUT2D eigenvalue weighted by Crippen LogP contribution is 2.27. The van der Waals surface area contributed by atoms with Crippen molar-refractivity contribution in [2.24, 2.45) is 0 Å². The first-order valence-corrected chi connectivity index (χ1v) is 10.8. The van der Waals surface area contributed by atoms with Gasteiger partial charge in [-0.05, 0) is 55.3 Å². The Labute approximate surface area is 186 Å². The molecule has 0 aromatic heterocycles. The smallest absolute Gasteiger partial charge is 0.237 e. The number of thioether (sulfide) groups is 1. The van der Waals surface area contributed by atoms with E-state index in [0.29, 0.717) is 22.8 Å². The van der Waals surface area contributed by atoms with Crippen LogP contribution in [-0.2, 0) is 16.0 Å². The zero-order valence-corrected chi connectivity index (χ0v) is 18.4. The largest absolute Gasteiger partial charge is 0.326 e. The minimum atomic E-state index is -0.321. The number of amides is 2. The number of carbonyl (C=O) groups excluding carboxylic acids is 2. The van der Waals surface area contributed by atoms with Gasteiger partial charge in [0.15, 0.2) is 0 Å². The summed E-state index contributed by atoms with van der Waals surface area (Å²) in [7, 11) is 0. The number of hydrogen-bond donors (Lipinski definition) is 2. The molecule has 0 aliphatic heterocycles. The molecule has 3 aromatic rings. The van der Waals surface area contributed by atoms with Crippen molar-refractivity contribution in [2.75, 3.05) is 10.6 Å². The Balaban J connectivity index is 1.59. The molecule has 0 saturated carbocycles. The zero-order chi connectivity index (χ0) is 21.5. The van der Waals surface area contributed by atoms with Crippen molar-refractivity contribution in [3.05, 3.63) is 88.9 Å². The molecule has 2 N–H and O–H groups in total. The number of hydrogen-bond acceptors (Lipinski definition) is 3. The van der Waals surface area contributed by atoms with Crippen molar-refractivity contribution in [1.29, 1.82) is 0 Å². The fourth-order valence-electron chi connectivity index (χ4n) is 2.85. The second-order valence-corrected chi connectivity index (χ2v) is 8.80. The third kappa shape index (κ3) is 6.37. The van der Waals surface area contributed by atoms with Gasteiger partial charge in [-0.1, -0.05) is 54.1 Å². The highest BCUT2D eigenvalue weighted by atomic mass is 35.5. The molecule has 0 saturated heterocycles. The minimum absolute atomic E-state index is 0.0782. The van der Waals surface area contributed by atoms with Crippen molar-refractivity contribution in [3.8, 4) is 0 Å². The molecule has 3 aromatic carbocycles. The predicted molar refractivity (Wildman–Crippen MR) is 125 cm³/mol. The van der Waals surface area contributed by atoms with Gasteiger partial charge in [0.1, 0.15) is 0 Å². The Morgan fingerprint density at radius 2 is 1.73 bits per heavy atom. The molecule has 30 heavy (non-hydrogen) atoms. The molecule has 1 unspecified atom stereocenters. The second-order valence-electron chi connectivity index (χ2n) is 6.95. The molecule has 2 amide bonds. The van der Waals surface area contributed by atoms with Crippen LogP contribution in [0.1, 0.15) is 18.1 Å². The van der Waals surface area contributed by atoms with E-state index < -0.39 is 0 Å². The lowest BCUT2D eigenvalue weighted by Crippen LogP contribution is -2.22. The van der Waals surface area contributed by atoms with Gasteiger partial charge in [0.25, 0.3) is 0 Å². The number of nitrogens with one attached hydrogen (secondary N) is 2. The summed E-state index contributed by atoms with van der Waals surface area (Å²) in [6.07, 6.45) is 0.315. The van der Waals surface area contributed by atoms with Crippen LogP contribution in [-0.4, -0.2) is 17.1 Å². The number of rotatable bonds is 7. The SMILES string of the molecule is Cc1ccc(Cl)cc1NC(=O)C(C)Sc1cccc(NC(=O)Cc2ccccc2)c1. The third-order valence-corrected chi connectivity index (χ3v) is 5.79. The van der Waals surface area contributed by atoms with Crippen LogP contribution in [0.4, 0.5) is 11.4 Å². The van der Waals surface area contributed by atoms with Gasteiger partial charge in [-0.3, -0.25) is 9.59 Å². The first kappa shape index (κ1) is 21.9. The van der Waals surface area contributed by atoms with Crippen molar-refractivity contribution >= 4 is 46.6 Å². The Morgan fingerprint density at radius 1 is 0.967 bits per heavy atom. The molecule has 154 valence electrons. The third-order valence-electron chi connectivity index (χ3n) is 4.46. The highest BCUT2D eigenvalue weighted by Gasteiger charge is 2.16. The van der Waals surface area contributed by atoms with E-state index in [0.717, 1.165) is 16.0 Å². The van der Waals surface area contributed by atoms with E-state index in [1.54, 1.807) is 12.1 Å². The van der Waals surface area contributed by atoms with Crippen LogP contribution >= 0.6 is 23.4 Å². The van der Waals surface area contributed by atoms with Gasteiger partial charge in [-0.15, -0.1) is 11.8 Å². The normalized spacial score (nSPS) is 11.6. The van der Waals surface area contributed by atoms with Crippen molar-refractivity contribution in [3.63, 3.8) is 0 Å². The zero-order valence-electron chi connectivity index (χ0n) is 16.8. The lowest BCUT2D eigenvalue weighted by Gasteiger charge is -2.14. The molecule has 0 radical (unpaired) electrons. The number of carbonyl (C=O) groups is 2. The molecule has 6 heteroatoms. The van der Waals surface area contributed by atoms with E-state index in [9.17, 15) is 9.59 Å². The summed E-state index contributed by atoms with van der Waals surface area (Å²) in [4.78, 5) is 25.8. The molecule has 0 bridgehead atoms. The quantitative estimate of drug-likeness (QED) is 0.448. The molecule has 0 heterocycles. The number of halogens is 1. The van der Waals surface area contributed by atoms with Gasteiger partial charge in [-0.2, -0.15) is 0 Å². The van der Waals surface area contributed by atoms with Crippen molar-refractivity contribution in [2.45, 2.75) is 30.4 Å². The van der Waals surface area contributed by atoms with Gasteiger partial charge < -0.3 is 10.6 Å². The van der Waals surface area contributed by atoms with Crippen LogP contribution in [0.15, 0.2) is 77.7 Å². The van der Waals surface area contributed by atoms with Crippen LogP contribution in [0.25, 0.3) is 0 Å². The van der Waals surface area contributed by atoms with Gasteiger partial charge in [-0.25, -0.2) is 0 Å². The molecule has 0 fully saturated rings. The molecule has 0 aliphatic carbocycles. The standard InChI is InChI=1S/C24H23ClN2O2S/c1-16-11-12-19(25)14-22(16)27-24(29)17(2)30-21-10-6-9-20(15-21)26-23(28)13-18-7-4-3-5-8-18/h3-12,14-15,17H,13H2,1-2H3,(H,26,28)(H,27,29). The lowest BCUT2D eigenvalue weighted by molar-refractivity contribution is -0.116. The Kier molecular flexibility index (Phi) is 7.55. The van der Waals surface area contributed by atoms with Crippen LogP contribution in [0.3, 0.4) is 0 Å². The summed E-state index contributed by atoms with van der Waals surface area (Å²) in [5.74, 6) is -0.186. The maximum Gasteiger partial charge on any atom is 0.237 e. The lowest BCUT2D eigenvalue weighted by atomic mass is 10.1. The Hall–Kier alpha value is -2.76. The van der Waals surface area contributed by atoms with Crippen molar-refractivity contribution in [1.82, 2.24) is 0 Å². The van der Waals surface area contributed by atoms with Crippen LogP contribution in [0.5, 0.6) is 0 Å². The fraction of sp³-hybridized carbons (Fsp3) is 0.167. The molecule has 4 nitrogen and oxygen atoms in total. The summed E-state index contributed by atoms with van der Waals surface area (Å²) in [5.41, 5.74) is 3.33. The maximum absolute atomic E-state index is 12.6. The molecule has 3 rings (SSSR count). The van der Waals surface area contributed by atoms with E-state index in [-0.39, 0.29) is 17.1 Å². The number of benzene rings is 3. The van der Waals surface area contributed by atoms with Gasteiger partial charge in [0, 0.05) is 21.3 Å². The number of anilines is 2. The van der Waals surface area contributed by atoms with Crippen molar-refractivity contribution < 1.29 is 9.59 Å². The Bertz CT molecular complexity index is 1040. The van der Waals surface area contributed by atoms with Crippen LogP contribution < -0.4 is 10.6 Å². The molecule has 0 spiro atoms. The van der Waals surface area contributed by atoms with Gasteiger partial charge >= 0.3 is 0 Å². The van der Waals surface area contributed by atoms with E-state index in [1.807, 2.05) is 74.5 Å². The summed E-state index contributed by atoms with van der Waals surface area (Å²) >= 11 is 7.46. The Morgan fingerprint density at radius 3 is 2.50 bits per heavy atom. The first-order valence-electron chi connectivity index (χ1n) is 9.58. The number of aryl methyl sites for hydroxylation is 1. The first-order chi connectivity index (χ1) is 14.4. The second kappa shape index (κ2) is 10.3. The van der Waals surface area contributed by atoms with Gasteiger partial charge in [0.2, 0.25) is 11.8 Å². The average molecular weight is 439 g/mol. The monoisotopic (exact) mass is 438 g/mol. The average Bonchev–Trinajstić information content (AvgIpc) is 2.71. The summed E-state index contributed by atoms with van der Waals surface area (Å²) in [6.45, 7) is 3.77. The van der Waals surface area contributed by atoms with E-state index in [2.05, 4.69) is 10.6 Å². The molecular weight excluding hydrogens is 416 g/mol. The summed E-state index contributed by atoms with van der Waals surface area (Å²) in [5, 5.41) is 6.11. The van der Waals surface area contributed by atoms with E-state index in [4.69, 9.17) is 11.6 Å². The van der Waals surface area contributed by atoms with Gasteiger partial charge in [0.05, 0.1) is 11.7 Å². The summed E-state index contributed by atoms with van der Waals surface area (Å²) in [6, 6.07) is 22.5. The molecular formula is C24H23ClN2O2S. The molecule has 1 atom stereocenters. The van der Waals surface area contributed by atoms with Crippen LogP contribution in [0.2, 0.25) is 5.02 Å².